The van der Waals surface area contributed by atoms with Crippen LogP contribution in [0.3, 0.4) is 0 Å². The number of hydrogen-bond donors (Lipinski definition) is 1. The molecular formula is C21H23FO4. The normalized spacial score (nSPS) is 15.8. The Morgan fingerprint density at radius 1 is 1.31 bits per heavy atom. The summed E-state index contributed by atoms with van der Waals surface area (Å²) in [4.78, 5) is 10.9. The van der Waals surface area contributed by atoms with E-state index in [1.807, 2.05) is 26.0 Å². The van der Waals surface area contributed by atoms with Crippen molar-refractivity contribution in [3.63, 3.8) is 0 Å². The lowest BCUT2D eigenvalue weighted by Gasteiger charge is -2.18. The molecule has 0 saturated heterocycles. The fraction of sp³-hybridized carbons (Fsp3) is 0.381. The van der Waals surface area contributed by atoms with E-state index in [1.54, 1.807) is 19.1 Å². The summed E-state index contributed by atoms with van der Waals surface area (Å²) in [7, 11) is 0. The van der Waals surface area contributed by atoms with Gasteiger partial charge in [-0.25, -0.2) is 4.39 Å². The maximum absolute atomic E-state index is 13.9. The van der Waals surface area contributed by atoms with Gasteiger partial charge in [0.25, 0.3) is 0 Å². The van der Waals surface area contributed by atoms with Crippen LogP contribution in [-0.2, 0) is 24.2 Å². The number of benzene rings is 2. The Bertz CT molecular complexity index is 812. The maximum atomic E-state index is 13.9. The van der Waals surface area contributed by atoms with Gasteiger partial charge in [0.05, 0.1) is 5.92 Å². The molecule has 0 fully saturated rings. The van der Waals surface area contributed by atoms with Crippen molar-refractivity contribution in [1.29, 1.82) is 0 Å². The summed E-state index contributed by atoms with van der Waals surface area (Å²) >= 11 is 0. The molecule has 0 aromatic heterocycles. The first kappa shape index (κ1) is 18.2. The molecule has 3 rings (SSSR count). The largest absolute Gasteiger partial charge is 0.489 e. The van der Waals surface area contributed by atoms with Crippen LogP contribution in [0.1, 0.15) is 37.5 Å². The molecule has 0 radical (unpaired) electrons. The number of carbonyl (C=O) groups is 1. The van der Waals surface area contributed by atoms with Gasteiger partial charge in [-0.2, -0.15) is 0 Å². The van der Waals surface area contributed by atoms with Crippen molar-refractivity contribution in [2.24, 2.45) is 5.92 Å². The van der Waals surface area contributed by atoms with Crippen LogP contribution >= 0.6 is 0 Å². The summed E-state index contributed by atoms with van der Waals surface area (Å²) in [6.07, 6.45) is 1.14. The fourth-order valence-electron chi connectivity index (χ4n) is 3.18. The minimum absolute atomic E-state index is 0.209. The van der Waals surface area contributed by atoms with Crippen LogP contribution in [0.5, 0.6) is 11.5 Å². The fourth-order valence-corrected chi connectivity index (χ4v) is 3.18. The van der Waals surface area contributed by atoms with Crippen LogP contribution in [0.2, 0.25) is 0 Å². The summed E-state index contributed by atoms with van der Waals surface area (Å²) in [5.41, 5.74) is 2.15. The zero-order chi connectivity index (χ0) is 18.9. The Morgan fingerprint density at radius 2 is 2.00 bits per heavy atom. The van der Waals surface area contributed by atoms with Gasteiger partial charge < -0.3 is 14.6 Å². The molecule has 4 nitrogen and oxygen atoms in total. The first-order valence-corrected chi connectivity index (χ1v) is 8.68. The van der Waals surface area contributed by atoms with Gasteiger partial charge in [0.15, 0.2) is 0 Å². The molecule has 2 aromatic rings. The summed E-state index contributed by atoms with van der Waals surface area (Å²) in [6, 6.07) is 10.3. The van der Waals surface area contributed by atoms with E-state index < -0.39 is 11.9 Å². The standard InChI is InChI=1S/C21H23FO4/c1-13(20(23)24)8-14-4-6-18(7-5-14)25-12-16-10-17(22)9-15-11-21(2,3)26-19(15)16/h4-7,9-10,13H,8,11-12H2,1-3H3,(H,23,24)/t13-/m0/s1. The molecule has 0 aliphatic carbocycles. The van der Waals surface area contributed by atoms with Crippen molar-refractivity contribution in [3.05, 3.63) is 58.9 Å². The maximum Gasteiger partial charge on any atom is 0.306 e. The molecule has 0 unspecified atom stereocenters. The van der Waals surface area contributed by atoms with Crippen LogP contribution in [0.4, 0.5) is 4.39 Å². The van der Waals surface area contributed by atoms with Crippen LogP contribution in [0.15, 0.2) is 36.4 Å². The van der Waals surface area contributed by atoms with Crippen molar-refractivity contribution < 1.29 is 23.8 Å². The lowest BCUT2D eigenvalue weighted by molar-refractivity contribution is -0.141. The number of rotatable bonds is 6. The highest BCUT2D eigenvalue weighted by Gasteiger charge is 2.32. The molecule has 0 bridgehead atoms. The number of hydrogen-bond acceptors (Lipinski definition) is 3. The van der Waals surface area contributed by atoms with E-state index in [-0.39, 0.29) is 18.0 Å². The van der Waals surface area contributed by atoms with Gasteiger partial charge in [0.1, 0.15) is 29.5 Å². The van der Waals surface area contributed by atoms with Gasteiger partial charge in [-0.3, -0.25) is 4.79 Å². The minimum atomic E-state index is -0.812. The quantitative estimate of drug-likeness (QED) is 0.832. The van der Waals surface area contributed by atoms with Crippen molar-refractivity contribution in [2.75, 3.05) is 0 Å². The molecule has 0 saturated carbocycles. The molecule has 0 spiro atoms. The van der Waals surface area contributed by atoms with E-state index in [9.17, 15) is 9.18 Å². The highest BCUT2D eigenvalue weighted by atomic mass is 19.1. The van der Waals surface area contributed by atoms with E-state index in [1.165, 1.54) is 12.1 Å². The number of carboxylic acid groups (broad SMARTS) is 1. The highest BCUT2D eigenvalue weighted by Crippen LogP contribution is 2.38. The van der Waals surface area contributed by atoms with Gasteiger partial charge in [0, 0.05) is 17.5 Å². The average molecular weight is 358 g/mol. The highest BCUT2D eigenvalue weighted by molar-refractivity contribution is 5.69. The third-order valence-corrected chi connectivity index (χ3v) is 4.48. The van der Waals surface area contributed by atoms with Crippen molar-refractivity contribution in [1.82, 2.24) is 0 Å². The van der Waals surface area contributed by atoms with E-state index >= 15 is 0 Å². The van der Waals surface area contributed by atoms with E-state index in [0.29, 0.717) is 29.9 Å². The second kappa shape index (κ2) is 6.98. The molecule has 138 valence electrons. The predicted molar refractivity (Wildman–Crippen MR) is 96.1 cm³/mol. The molecule has 1 aliphatic rings. The van der Waals surface area contributed by atoms with Gasteiger partial charge in [0.2, 0.25) is 0 Å². The van der Waals surface area contributed by atoms with Crippen molar-refractivity contribution in [2.45, 2.75) is 45.8 Å². The topological polar surface area (TPSA) is 55.8 Å². The molecule has 1 N–H and O–H groups in total. The summed E-state index contributed by atoms with van der Waals surface area (Å²) < 4.78 is 25.6. The summed E-state index contributed by atoms with van der Waals surface area (Å²) in [5, 5.41) is 8.98. The van der Waals surface area contributed by atoms with E-state index in [4.69, 9.17) is 14.6 Å². The Balaban J connectivity index is 1.68. The average Bonchev–Trinajstić information content (AvgIpc) is 2.87. The number of ether oxygens (including phenoxy) is 2. The molecule has 1 aliphatic heterocycles. The molecule has 0 amide bonds. The van der Waals surface area contributed by atoms with Gasteiger partial charge in [-0.05, 0) is 50.1 Å². The summed E-state index contributed by atoms with van der Waals surface area (Å²) in [6.45, 7) is 5.85. The Kier molecular flexibility index (Phi) is 4.90. The minimum Gasteiger partial charge on any atom is -0.489 e. The number of fused-ring (bicyclic) bond motifs is 1. The second-order valence-corrected chi connectivity index (χ2v) is 7.47. The Morgan fingerprint density at radius 3 is 2.65 bits per heavy atom. The van der Waals surface area contributed by atoms with E-state index in [2.05, 4.69) is 0 Å². The first-order chi connectivity index (χ1) is 12.2. The zero-order valence-electron chi connectivity index (χ0n) is 15.2. The van der Waals surface area contributed by atoms with Gasteiger partial charge in [-0.15, -0.1) is 0 Å². The lowest BCUT2D eigenvalue weighted by Crippen LogP contribution is -2.25. The third kappa shape index (κ3) is 4.15. The number of aliphatic carboxylic acids is 1. The van der Waals surface area contributed by atoms with Crippen LogP contribution in [0, 0.1) is 11.7 Å². The third-order valence-electron chi connectivity index (χ3n) is 4.48. The van der Waals surface area contributed by atoms with Gasteiger partial charge in [-0.1, -0.05) is 19.1 Å². The van der Waals surface area contributed by atoms with Crippen LogP contribution < -0.4 is 9.47 Å². The Hall–Kier alpha value is -2.56. The van der Waals surface area contributed by atoms with Gasteiger partial charge >= 0.3 is 5.97 Å². The molecule has 2 aromatic carbocycles. The van der Waals surface area contributed by atoms with E-state index in [0.717, 1.165) is 11.1 Å². The molecular weight excluding hydrogens is 335 g/mol. The molecule has 26 heavy (non-hydrogen) atoms. The lowest BCUT2D eigenvalue weighted by atomic mass is 10.0. The smallest absolute Gasteiger partial charge is 0.306 e. The number of halogens is 1. The summed E-state index contributed by atoms with van der Waals surface area (Å²) in [5.74, 6) is -0.178. The Labute approximate surface area is 152 Å². The SMILES string of the molecule is C[C@@H](Cc1ccc(OCc2cc(F)cc3c2OC(C)(C)C3)cc1)C(=O)O. The number of carboxylic acids is 1. The first-order valence-electron chi connectivity index (χ1n) is 8.68. The zero-order valence-corrected chi connectivity index (χ0v) is 15.2. The molecule has 1 atom stereocenters. The molecule has 1 heterocycles. The van der Waals surface area contributed by atoms with Crippen LogP contribution in [-0.4, -0.2) is 16.7 Å². The van der Waals surface area contributed by atoms with Crippen molar-refractivity contribution in [3.8, 4) is 11.5 Å². The predicted octanol–water partition coefficient (Wildman–Crippen LogP) is 4.38. The van der Waals surface area contributed by atoms with Crippen molar-refractivity contribution >= 4 is 5.97 Å². The second-order valence-electron chi connectivity index (χ2n) is 7.47. The van der Waals surface area contributed by atoms with Crippen LogP contribution in [0.25, 0.3) is 0 Å². The monoisotopic (exact) mass is 358 g/mol. The molecule has 5 heteroatoms.